The van der Waals surface area contributed by atoms with E-state index in [1.54, 1.807) is 0 Å². The normalized spacial score (nSPS) is 11.6. The summed E-state index contributed by atoms with van der Waals surface area (Å²) in [6.45, 7) is 0. The maximum Gasteiger partial charge on any atom is 0.227 e. The van der Waals surface area contributed by atoms with Crippen molar-refractivity contribution >= 4 is 98.7 Å². The number of nitrogens with zero attached hydrogens (tertiary/aromatic N) is 3. The molecule has 0 radical (unpaired) electrons. The zero-order valence-corrected chi connectivity index (χ0v) is 33.6. The Hall–Kier alpha value is -7.93. The molecule has 0 unspecified atom stereocenters. The van der Waals surface area contributed by atoms with Crippen LogP contribution in [0.2, 0.25) is 0 Å². The third kappa shape index (κ3) is 5.95. The molecular weight excluding hydrogens is 767 g/mol. The van der Waals surface area contributed by atoms with Crippen LogP contribution < -0.4 is 9.80 Å². The molecule has 0 saturated heterocycles. The van der Waals surface area contributed by atoms with Crippen LogP contribution >= 0.6 is 11.3 Å². The van der Waals surface area contributed by atoms with Crippen LogP contribution in [-0.4, -0.2) is 4.98 Å². The van der Waals surface area contributed by atoms with E-state index in [1.807, 2.05) is 53.8 Å². The molecule has 0 bridgehead atoms. The highest BCUT2D eigenvalue weighted by Crippen LogP contribution is 2.50. The Balaban J connectivity index is 1.18. The number of aromatic nitrogens is 1. The second kappa shape index (κ2) is 14.4. The van der Waals surface area contributed by atoms with Gasteiger partial charge in [-0.25, -0.2) is 4.98 Å². The molecule has 3 heterocycles. The van der Waals surface area contributed by atoms with Crippen LogP contribution in [0.1, 0.15) is 0 Å². The van der Waals surface area contributed by atoms with Crippen molar-refractivity contribution in [3.63, 3.8) is 0 Å². The van der Waals surface area contributed by atoms with Crippen molar-refractivity contribution in [3.8, 4) is 22.6 Å². The summed E-state index contributed by atoms with van der Waals surface area (Å²) in [7, 11) is 0. The van der Waals surface area contributed by atoms with Crippen molar-refractivity contribution in [2.75, 3.05) is 9.80 Å². The summed E-state index contributed by atoms with van der Waals surface area (Å²) < 4.78 is 15.7. The highest BCUT2D eigenvalue weighted by molar-refractivity contribution is 7.26. The molecule has 0 N–H and O–H groups in total. The van der Waals surface area contributed by atoms with Gasteiger partial charge in [0.1, 0.15) is 16.7 Å². The number of furan rings is 1. The second-order valence-electron chi connectivity index (χ2n) is 15.1. The summed E-state index contributed by atoms with van der Waals surface area (Å²) in [6.07, 6.45) is 0. The second-order valence-corrected chi connectivity index (χ2v) is 16.2. The van der Waals surface area contributed by atoms with E-state index in [4.69, 9.17) is 13.8 Å². The Labute approximate surface area is 355 Å². The Kier molecular flexibility index (Phi) is 8.28. The zero-order valence-electron chi connectivity index (χ0n) is 32.8. The number of hydrogen-bond donors (Lipinski definition) is 0. The molecule has 9 aromatic carbocycles. The number of benzene rings is 9. The van der Waals surface area contributed by atoms with E-state index < -0.39 is 0 Å². The lowest BCUT2D eigenvalue weighted by Crippen LogP contribution is -2.14. The van der Waals surface area contributed by atoms with E-state index in [2.05, 4.69) is 180 Å². The largest absolute Gasteiger partial charge is 0.456 e. The van der Waals surface area contributed by atoms with Gasteiger partial charge >= 0.3 is 0 Å². The number of oxazole rings is 1. The predicted octanol–water partition coefficient (Wildman–Crippen LogP) is 16.4. The lowest BCUT2D eigenvalue weighted by Gasteiger charge is -2.31. The quantitative estimate of drug-likeness (QED) is 0.153. The molecule has 3 aromatic heterocycles. The van der Waals surface area contributed by atoms with Gasteiger partial charge < -0.3 is 18.6 Å². The first-order valence-corrected chi connectivity index (χ1v) is 21.2. The van der Waals surface area contributed by atoms with Crippen molar-refractivity contribution in [2.45, 2.75) is 0 Å². The number of rotatable bonds is 8. The van der Waals surface area contributed by atoms with Crippen LogP contribution in [0, 0.1) is 0 Å². The SMILES string of the molecule is c1ccc(-c2nc3c(N(c4ccc5oc6ccccc6c5c4)c4ccccc4-c4ccccc4)cc(N(c4ccccc4)c4cccc5c4sc4ccccc45)cc3o2)cc1. The van der Waals surface area contributed by atoms with Gasteiger partial charge in [-0.1, -0.05) is 133 Å². The van der Waals surface area contributed by atoms with E-state index in [1.165, 1.54) is 20.2 Å². The van der Waals surface area contributed by atoms with Gasteiger partial charge in [-0.2, -0.15) is 0 Å². The van der Waals surface area contributed by atoms with Crippen molar-refractivity contribution in [2.24, 2.45) is 0 Å². The zero-order chi connectivity index (χ0) is 40.3. The van der Waals surface area contributed by atoms with Crippen molar-refractivity contribution in [1.82, 2.24) is 4.98 Å². The minimum atomic E-state index is 0.555. The topological polar surface area (TPSA) is 45.7 Å². The van der Waals surface area contributed by atoms with Crippen molar-refractivity contribution < 1.29 is 8.83 Å². The highest BCUT2D eigenvalue weighted by Gasteiger charge is 2.27. The minimum absolute atomic E-state index is 0.555. The average Bonchev–Trinajstić information content (AvgIpc) is 4.05. The van der Waals surface area contributed by atoms with Crippen molar-refractivity contribution in [3.05, 3.63) is 212 Å². The van der Waals surface area contributed by atoms with Crippen LogP contribution in [0.15, 0.2) is 221 Å². The van der Waals surface area contributed by atoms with E-state index in [-0.39, 0.29) is 0 Å². The Morgan fingerprint density at radius 1 is 0.377 bits per heavy atom. The van der Waals surface area contributed by atoms with Crippen molar-refractivity contribution in [1.29, 1.82) is 0 Å². The molecule has 0 spiro atoms. The molecule has 0 fully saturated rings. The van der Waals surface area contributed by atoms with Gasteiger partial charge in [0.25, 0.3) is 0 Å². The molecule has 61 heavy (non-hydrogen) atoms. The van der Waals surface area contributed by atoms with Gasteiger partial charge in [0.2, 0.25) is 5.89 Å². The third-order valence-corrected chi connectivity index (χ3v) is 12.7. The predicted molar refractivity (Wildman–Crippen MR) is 254 cm³/mol. The first-order valence-electron chi connectivity index (χ1n) is 20.4. The van der Waals surface area contributed by atoms with Gasteiger partial charge in [-0.05, 0) is 78.4 Å². The van der Waals surface area contributed by atoms with Gasteiger partial charge in [-0.15, -0.1) is 11.3 Å². The summed E-state index contributed by atoms with van der Waals surface area (Å²) in [5, 5.41) is 4.58. The van der Waals surface area contributed by atoms with E-state index in [9.17, 15) is 0 Å². The smallest absolute Gasteiger partial charge is 0.227 e. The molecule has 0 amide bonds. The van der Waals surface area contributed by atoms with Crippen LogP contribution in [-0.2, 0) is 0 Å². The van der Waals surface area contributed by atoms with E-state index in [0.29, 0.717) is 11.5 Å². The fraction of sp³-hybridized carbons (Fsp3) is 0. The van der Waals surface area contributed by atoms with Crippen LogP contribution in [0.5, 0.6) is 0 Å². The van der Waals surface area contributed by atoms with Crippen LogP contribution in [0.3, 0.4) is 0 Å². The Morgan fingerprint density at radius 2 is 1.03 bits per heavy atom. The molecular formula is C55H35N3O2S. The third-order valence-electron chi connectivity index (χ3n) is 11.5. The number of fused-ring (bicyclic) bond motifs is 7. The van der Waals surface area contributed by atoms with E-state index in [0.717, 1.165) is 78.3 Å². The average molecular weight is 802 g/mol. The number of para-hydroxylation sites is 3. The lowest BCUT2D eigenvalue weighted by atomic mass is 10.0. The summed E-state index contributed by atoms with van der Waals surface area (Å²) in [5.74, 6) is 0.555. The van der Waals surface area contributed by atoms with Gasteiger partial charge in [0, 0.05) is 54.8 Å². The monoisotopic (exact) mass is 801 g/mol. The number of hydrogen-bond acceptors (Lipinski definition) is 6. The Bertz CT molecular complexity index is 3560. The molecule has 6 heteroatoms. The Morgan fingerprint density at radius 3 is 1.87 bits per heavy atom. The summed E-state index contributed by atoms with van der Waals surface area (Å²) in [4.78, 5) is 10.0. The molecule has 12 aromatic rings. The fourth-order valence-electron chi connectivity index (χ4n) is 8.71. The van der Waals surface area contributed by atoms with Crippen LogP contribution in [0.4, 0.5) is 34.1 Å². The molecule has 0 aliphatic rings. The molecule has 288 valence electrons. The summed E-state index contributed by atoms with van der Waals surface area (Å²) in [5.41, 5.74) is 12.1. The molecule has 0 aliphatic heterocycles. The lowest BCUT2D eigenvalue weighted by molar-refractivity contribution is 0.620. The number of thiophene rings is 1. The maximum absolute atomic E-state index is 6.87. The van der Waals surface area contributed by atoms with Crippen LogP contribution in [0.25, 0.3) is 75.8 Å². The number of anilines is 6. The highest BCUT2D eigenvalue weighted by atomic mass is 32.1. The first kappa shape index (κ1) is 35.1. The first-order chi connectivity index (χ1) is 30.2. The summed E-state index contributed by atoms with van der Waals surface area (Å²) in [6, 6.07) is 74.4. The fourth-order valence-corrected chi connectivity index (χ4v) is 9.91. The van der Waals surface area contributed by atoms with Gasteiger partial charge in [0.05, 0.1) is 27.4 Å². The van der Waals surface area contributed by atoms with Gasteiger partial charge in [0.15, 0.2) is 5.58 Å². The van der Waals surface area contributed by atoms with E-state index >= 15 is 0 Å². The standard InChI is InChI=1S/C55H35N3O2S/c1-4-17-36(18-5-1)41-23-10-13-27-46(41)58(39-31-32-50-45(33-39)42-24-11-14-29-49(42)59-50)48-34-40(35-51-53(48)56-55(60-51)37-19-6-2-7-20-37)57(38-21-8-3-9-22-38)47-28-16-26-44-43-25-12-15-30-52(43)61-54(44)47/h1-35H. The molecule has 0 atom stereocenters. The molecule has 0 aliphatic carbocycles. The molecule has 5 nitrogen and oxygen atoms in total. The molecule has 0 saturated carbocycles. The minimum Gasteiger partial charge on any atom is -0.456 e. The molecule has 12 rings (SSSR count). The van der Waals surface area contributed by atoms with Gasteiger partial charge in [-0.3, -0.25) is 0 Å². The summed E-state index contributed by atoms with van der Waals surface area (Å²) >= 11 is 1.82. The maximum atomic E-state index is 6.87.